The van der Waals surface area contributed by atoms with E-state index in [1.165, 1.54) is 77.5 Å². The van der Waals surface area contributed by atoms with Crippen LogP contribution in [0.2, 0.25) is 0 Å². The number of pyridine rings is 1. The molecule has 2 nitrogen and oxygen atoms in total. The lowest BCUT2D eigenvalue weighted by Crippen LogP contribution is -2.13. The van der Waals surface area contributed by atoms with E-state index in [0.29, 0.717) is 5.92 Å². The van der Waals surface area contributed by atoms with Crippen LogP contribution < -0.4 is 0 Å². The van der Waals surface area contributed by atoms with Crippen LogP contribution in [-0.4, -0.2) is 9.55 Å². The minimum absolute atomic E-state index is 0.176. The van der Waals surface area contributed by atoms with Gasteiger partial charge in [-0.3, -0.25) is 0 Å². The molecule has 0 bridgehead atoms. The third-order valence-corrected chi connectivity index (χ3v) is 16.7. The average molecular weight is 1020 g/mol. The van der Waals surface area contributed by atoms with Crippen LogP contribution in [0.4, 0.5) is 0 Å². The van der Waals surface area contributed by atoms with E-state index in [4.69, 9.17) is 4.98 Å². The Balaban J connectivity index is 0.945. The Kier molecular flexibility index (Phi) is 11.6. The van der Waals surface area contributed by atoms with Gasteiger partial charge in [0.05, 0.1) is 22.4 Å². The molecule has 0 amide bonds. The smallest absolute Gasteiger partial charge is 0.0721 e. The number of hydrogen-bond acceptors (Lipinski definition) is 1. The molecule has 15 rings (SSSR count). The van der Waals surface area contributed by atoms with Crippen molar-refractivity contribution >= 4 is 33.0 Å². The quantitative estimate of drug-likeness (QED) is 0.126. The third-order valence-electron chi connectivity index (χ3n) is 16.7. The maximum Gasteiger partial charge on any atom is 0.0721 e. The van der Waals surface area contributed by atoms with Gasteiger partial charge in [-0.05, 0) is 150 Å². The highest BCUT2D eigenvalue weighted by atomic mass is 15.0. The van der Waals surface area contributed by atoms with Gasteiger partial charge in [-0.1, -0.05) is 255 Å². The highest BCUT2D eigenvalue weighted by molar-refractivity contribution is 6.09. The van der Waals surface area contributed by atoms with E-state index < -0.39 is 0 Å². The monoisotopic (exact) mass is 1020 g/mol. The molecular weight excluding hydrogens is 965 g/mol. The van der Waals surface area contributed by atoms with Crippen LogP contribution in [0.5, 0.6) is 0 Å². The standard InChI is InChI=1S/C78H54N2/c1-5-22-53(23-6-1)57-30-19-32-59(44-57)63-49-74(62-34-20-31-58(45-62)54-24-7-2-8-25-54)79-75(50-63)67-43-42-61(47-70(67)60-33-21-35-65(46-60)80-76-40-17-14-37-68(76)69-38-15-18-41-77(69)80)66-36-13-16-39-72(66)78-51-64(55-26-9-3-10-27-55)48-71(73(78)52-78)56-28-11-4-12-29-56/h1-51,73H,52H2. The molecule has 0 N–H and O–H groups in total. The second kappa shape index (κ2) is 19.7. The van der Waals surface area contributed by atoms with E-state index in [0.717, 1.165) is 62.4 Å². The highest BCUT2D eigenvalue weighted by Gasteiger charge is 2.58. The lowest BCUT2D eigenvalue weighted by atomic mass is 9.78. The van der Waals surface area contributed by atoms with Gasteiger partial charge in [0.1, 0.15) is 0 Å². The molecule has 11 aromatic carbocycles. The SMILES string of the molecule is C1=C(c2ccccc2)C=C(c2ccccc2)C2CC12c1ccccc1-c1ccc(-c2cc(-c3cccc(-c4ccccc4)c3)cc(-c3cccc(-c4ccccc4)c3)n2)c(-c2cccc(-n3c4ccccc4c4ccccc43)c2)c1. The number of rotatable bonds is 11. The molecule has 2 aliphatic carbocycles. The van der Waals surface area contributed by atoms with Crippen LogP contribution in [0, 0.1) is 5.92 Å². The van der Waals surface area contributed by atoms with Gasteiger partial charge in [-0.2, -0.15) is 0 Å². The van der Waals surface area contributed by atoms with Gasteiger partial charge in [0.25, 0.3) is 0 Å². The third kappa shape index (κ3) is 8.41. The first-order chi connectivity index (χ1) is 39.6. The Hall–Kier alpha value is -10.2. The first-order valence-electron chi connectivity index (χ1n) is 27.8. The number of benzene rings is 11. The fourth-order valence-corrected chi connectivity index (χ4v) is 12.8. The van der Waals surface area contributed by atoms with Gasteiger partial charge in [-0.15, -0.1) is 0 Å². The predicted octanol–water partition coefficient (Wildman–Crippen LogP) is 20.3. The molecule has 0 aliphatic heterocycles. The second-order valence-corrected chi connectivity index (χ2v) is 21.5. The number of fused-ring (bicyclic) bond motifs is 4. The zero-order chi connectivity index (χ0) is 53.0. The largest absolute Gasteiger partial charge is 0.309 e. The topological polar surface area (TPSA) is 17.8 Å². The van der Waals surface area contributed by atoms with E-state index >= 15 is 0 Å². The first-order valence-corrected chi connectivity index (χ1v) is 27.8. The summed E-state index contributed by atoms with van der Waals surface area (Å²) in [6.45, 7) is 0. The van der Waals surface area contributed by atoms with Gasteiger partial charge in [0.15, 0.2) is 0 Å². The van der Waals surface area contributed by atoms with Crippen LogP contribution in [0.3, 0.4) is 0 Å². The van der Waals surface area contributed by atoms with Crippen LogP contribution in [0.25, 0.3) is 117 Å². The summed E-state index contributed by atoms with van der Waals surface area (Å²) in [4.78, 5) is 5.72. The fraction of sp³-hybridized carbons (Fsp3) is 0.0385. The lowest BCUT2D eigenvalue weighted by molar-refractivity contribution is 0.833. The summed E-state index contributed by atoms with van der Waals surface area (Å²) in [5.41, 5.74) is 25.4. The fourth-order valence-electron chi connectivity index (χ4n) is 12.8. The van der Waals surface area contributed by atoms with Crippen molar-refractivity contribution < 1.29 is 0 Å². The summed E-state index contributed by atoms with van der Waals surface area (Å²) in [5, 5.41) is 2.48. The second-order valence-electron chi connectivity index (χ2n) is 21.5. The summed E-state index contributed by atoms with van der Waals surface area (Å²) >= 11 is 0. The van der Waals surface area contributed by atoms with E-state index in [1.807, 2.05) is 0 Å². The molecule has 0 spiro atoms. The molecule has 0 saturated heterocycles. The van der Waals surface area contributed by atoms with E-state index in [9.17, 15) is 0 Å². The molecule has 13 aromatic rings. The molecule has 2 unspecified atom stereocenters. The van der Waals surface area contributed by atoms with E-state index in [1.54, 1.807) is 0 Å². The molecule has 2 heteroatoms. The van der Waals surface area contributed by atoms with Crippen LogP contribution >= 0.6 is 0 Å². The van der Waals surface area contributed by atoms with Crippen LogP contribution in [-0.2, 0) is 5.41 Å². The van der Waals surface area contributed by atoms with Crippen molar-refractivity contribution in [3.63, 3.8) is 0 Å². The number of nitrogens with zero attached hydrogens (tertiary/aromatic N) is 2. The summed E-state index contributed by atoms with van der Waals surface area (Å²) in [6.07, 6.45) is 6.08. The normalized spacial score (nSPS) is 15.5. The van der Waals surface area contributed by atoms with Crippen LogP contribution in [0.15, 0.2) is 309 Å². The van der Waals surface area contributed by atoms with Gasteiger partial charge < -0.3 is 4.57 Å². The van der Waals surface area contributed by atoms with Crippen molar-refractivity contribution in [2.24, 2.45) is 5.92 Å². The Bertz CT molecular complexity index is 4390. The molecule has 2 atom stereocenters. The lowest BCUT2D eigenvalue weighted by Gasteiger charge is -2.25. The van der Waals surface area contributed by atoms with E-state index in [-0.39, 0.29) is 5.41 Å². The Labute approximate surface area is 467 Å². The Morgan fingerprint density at radius 3 is 1.50 bits per heavy atom. The Morgan fingerprint density at radius 1 is 0.325 bits per heavy atom. The van der Waals surface area contributed by atoms with Crippen molar-refractivity contribution in [1.82, 2.24) is 9.55 Å². The summed E-state index contributed by atoms with van der Waals surface area (Å²) in [7, 11) is 0. The van der Waals surface area contributed by atoms with Crippen LogP contribution in [0.1, 0.15) is 23.1 Å². The zero-order valence-electron chi connectivity index (χ0n) is 44.1. The molecule has 2 aromatic heterocycles. The van der Waals surface area contributed by atoms with Crippen molar-refractivity contribution in [3.8, 4) is 83.8 Å². The summed E-state index contributed by atoms with van der Waals surface area (Å²) in [5.74, 6) is 0.353. The average Bonchev–Trinajstić information content (AvgIpc) is 4.22. The van der Waals surface area contributed by atoms with E-state index in [2.05, 4.69) is 314 Å². The van der Waals surface area contributed by atoms with Gasteiger partial charge >= 0.3 is 0 Å². The minimum atomic E-state index is -0.176. The number of allylic oxidation sites excluding steroid dienone is 4. The molecule has 376 valence electrons. The van der Waals surface area contributed by atoms with Gasteiger partial charge in [0.2, 0.25) is 0 Å². The summed E-state index contributed by atoms with van der Waals surface area (Å²) < 4.78 is 2.42. The van der Waals surface area contributed by atoms with Crippen molar-refractivity contribution in [2.45, 2.75) is 11.8 Å². The number of aromatic nitrogens is 2. The molecule has 2 heterocycles. The van der Waals surface area contributed by atoms with Gasteiger partial charge in [-0.25, -0.2) is 4.98 Å². The number of hydrogen-bond donors (Lipinski definition) is 0. The van der Waals surface area contributed by atoms with Gasteiger partial charge in [0, 0.05) is 33.0 Å². The summed E-state index contributed by atoms with van der Waals surface area (Å²) in [6, 6.07) is 109. The minimum Gasteiger partial charge on any atom is -0.309 e. The maximum atomic E-state index is 5.72. The molecule has 1 fully saturated rings. The Morgan fingerprint density at radius 2 is 0.825 bits per heavy atom. The molecule has 1 saturated carbocycles. The van der Waals surface area contributed by atoms with Crippen molar-refractivity contribution in [2.75, 3.05) is 0 Å². The predicted molar refractivity (Wildman–Crippen MR) is 335 cm³/mol. The molecular formula is C78H54N2. The zero-order valence-corrected chi connectivity index (χ0v) is 44.1. The number of para-hydroxylation sites is 2. The molecule has 2 aliphatic rings. The first kappa shape index (κ1) is 47.1. The van der Waals surface area contributed by atoms with Crippen molar-refractivity contribution in [1.29, 1.82) is 0 Å². The molecule has 0 radical (unpaired) electrons. The van der Waals surface area contributed by atoms with Crippen molar-refractivity contribution in [3.05, 3.63) is 326 Å². The molecule has 80 heavy (non-hydrogen) atoms. The maximum absolute atomic E-state index is 5.72. The highest BCUT2D eigenvalue weighted by Crippen LogP contribution is 2.66.